The first kappa shape index (κ1) is 14.7. The van der Waals surface area contributed by atoms with E-state index in [1.165, 1.54) is 6.26 Å². The molecule has 0 aliphatic carbocycles. The maximum atomic E-state index is 11.1. The first-order chi connectivity index (χ1) is 7.90. The summed E-state index contributed by atoms with van der Waals surface area (Å²) in [4.78, 5) is 0. The van der Waals surface area contributed by atoms with Crippen LogP contribution < -0.4 is 0 Å². The molecule has 0 bridgehead atoms. The summed E-state index contributed by atoms with van der Waals surface area (Å²) in [5.74, 6) is 0.130. The second kappa shape index (κ2) is 6.52. The fourth-order valence-electron chi connectivity index (χ4n) is 1.64. The normalized spacial score (nSPS) is 13.6. The van der Waals surface area contributed by atoms with E-state index in [4.69, 9.17) is 0 Å². The summed E-state index contributed by atoms with van der Waals surface area (Å²) in [6.45, 7) is 0.0159. The minimum absolute atomic E-state index is 0.000903. The van der Waals surface area contributed by atoms with Crippen LogP contribution in [0, 0.1) is 5.92 Å². The summed E-state index contributed by atoms with van der Waals surface area (Å²) < 4.78 is 23.1. The van der Waals surface area contributed by atoms with Gasteiger partial charge in [0.25, 0.3) is 0 Å². The highest BCUT2D eigenvalue weighted by molar-refractivity contribution is 9.10. The zero-order chi connectivity index (χ0) is 12.9. The molecule has 96 valence electrons. The van der Waals surface area contributed by atoms with Crippen LogP contribution in [0.2, 0.25) is 0 Å². The molecule has 3 nitrogen and oxygen atoms in total. The van der Waals surface area contributed by atoms with Crippen LogP contribution in [-0.4, -0.2) is 32.1 Å². The molecule has 1 aromatic rings. The molecule has 0 spiro atoms. The van der Waals surface area contributed by atoms with Crippen molar-refractivity contribution in [1.82, 2.24) is 0 Å². The van der Waals surface area contributed by atoms with E-state index in [9.17, 15) is 13.5 Å². The lowest BCUT2D eigenvalue weighted by Crippen LogP contribution is -2.15. The fraction of sp³-hybridized carbons (Fsp3) is 0.500. The lowest BCUT2D eigenvalue weighted by atomic mass is 9.98. The summed E-state index contributed by atoms with van der Waals surface area (Å²) in [7, 11) is -2.95. The van der Waals surface area contributed by atoms with Gasteiger partial charge in [0.15, 0.2) is 0 Å². The molecular formula is C12H17BrO3S. The Bertz CT molecular complexity index is 457. The first-order valence-corrected chi connectivity index (χ1v) is 8.29. The average Bonchev–Trinajstić information content (AvgIpc) is 2.23. The number of benzene rings is 1. The Morgan fingerprint density at radius 2 is 2.12 bits per heavy atom. The molecule has 0 saturated carbocycles. The Labute approximate surface area is 111 Å². The molecule has 1 N–H and O–H groups in total. The van der Waals surface area contributed by atoms with Crippen LogP contribution >= 0.6 is 15.9 Å². The van der Waals surface area contributed by atoms with Crippen molar-refractivity contribution in [2.75, 3.05) is 18.6 Å². The number of hydrogen-bond donors (Lipinski definition) is 1. The number of sulfone groups is 1. The van der Waals surface area contributed by atoms with Gasteiger partial charge in [-0.1, -0.05) is 28.1 Å². The van der Waals surface area contributed by atoms with Gasteiger partial charge in [-0.25, -0.2) is 8.42 Å². The molecule has 0 amide bonds. The van der Waals surface area contributed by atoms with E-state index in [-0.39, 0.29) is 18.3 Å². The molecule has 0 heterocycles. The summed E-state index contributed by atoms with van der Waals surface area (Å²) in [5.41, 5.74) is 1.10. The van der Waals surface area contributed by atoms with Gasteiger partial charge in [-0.3, -0.25) is 0 Å². The highest BCUT2D eigenvalue weighted by Gasteiger charge is 2.12. The Kier molecular flexibility index (Phi) is 5.62. The second-order valence-corrected chi connectivity index (χ2v) is 7.48. The number of aliphatic hydroxyl groups excluding tert-OH is 1. The van der Waals surface area contributed by atoms with Crippen LogP contribution in [0.15, 0.2) is 28.7 Å². The lowest BCUT2D eigenvalue weighted by Gasteiger charge is -2.13. The topological polar surface area (TPSA) is 54.4 Å². The summed E-state index contributed by atoms with van der Waals surface area (Å²) >= 11 is 3.39. The van der Waals surface area contributed by atoms with Gasteiger partial charge in [-0.15, -0.1) is 0 Å². The van der Waals surface area contributed by atoms with Crippen molar-refractivity contribution in [2.45, 2.75) is 12.8 Å². The number of aliphatic hydroxyl groups is 1. The van der Waals surface area contributed by atoms with Crippen molar-refractivity contribution in [3.05, 3.63) is 34.3 Å². The van der Waals surface area contributed by atoms with Gasteiger partial charge < -0.3 is 5.11 Å². The van der Waals surface area contributed by atoms with Crippen LogP contribution in [0.25, 0.3) is 0 Å². The van der Waals surface area contributed by atoms with Crippen molar-refractivity contribution in [1.29, 1.82) is 0 Å². The Hall–Kier alpha value is -0.390. The van der Waals surface area contributed by atoms with Gasteiger partial charge in [-0.2, -0.15) is 0 Å². The SMILES string of the molecule is CS(=O)(=O)CCC(CO)Cc1cccc(Br)c1. The third kappa shape index (κ3) is 6.19. The van der Waals surface area contributed by atoms with Crippen molar-refractivity contribution < 1.29 is 13.5 Å². The highest BCUT2D eigenvalue weighted by atomic mass is 79.9. The Balaban J connectivity index is 2.58. The van der Waals surface area contributed by atoms with Crippen LogP contribution in [-0.2, 0) is 16.3 Å². The van der Waals surface area contributed by atoms with E-state index in [0.717, 1.165) is 10.0 Å². The molecule has 0 aliphatic heterocycles. The molecule has 0 fully saturated rings. The standard InChI is InChI=1S/C12H17BrO3S/c1-17(15,16)6-5-11(9-14)7-10-3-2-4-12(13)8-10/h2-4,8,11,14H,5-7,9H2,1H3. The van der Waals surface area contributed by atoms with Gasteiger partial charge in [0.2, 0.25) is 0 Å². The molecule has 0 aromatic heterocycles. The van der Waals surface area contributed by atoms with Crippen LogP contribution in [0.4, 0.5) is 0 Å². The summed E-state index contributed by atoms with van der Waals surface area (Å²) in [6, 6.07) is 7.84. The number of halogens is 1. The van der Waals surface area contributed by atoms with Crippen molar-refractivity contribution in [3.63, 3.8) is 0 Å². The summed E-state index contributed by atoms with van der Waals surface area (Å²) in [6.07, 6.45) is 2.42. The van der Waals surface area contributed by atoms with Gasteiger partial charge in [-0.05, 0) is 36.5 Å². The first-order valence-electron chi connectivity index (χ1n) is 5.44. The Morgan fingerprint density at radius 3 is 2.65 bits per heavy atom. The smallest absolute Gasteiger partial charge is 0.147 e. The molecule has 0 saturated heterocycles. The lowest BCUT2D eigenvalue weighted by molar-refractivity contribution is 0.222. The molecular weight excluding hydrogens is 304 g/mol. The maximum absolute atomic E-state index is 11.1. The average molecular weight is 321 g/mol. The monoisotopic (exact) mass is 320 g/mol. The molecule has 1 aromatic carbocycles. The predicted molar refractivity (Wildman–Crippen MR) is 72.7 cm³/mol. The molecule has 0 radical (unpaired) electrons. The van der Waals surface area contributed by atoms with Crippen LogP contribution in [0.3, 0.4) is 0 Å². The minimum Gasteiger partial charge on any atom is -0.396 e. The molecule has 1 rings (SSSR count). The van der Waals surface area contributed by atoms with E-state index in [2.05, 4.69) is 15.9 Å². The molecule has 1 unspecified atom stereocenters. The van der Waals surface area contributed by atoms with E-state index < -0.39 is 9.84 Å². The minimum atomic E-state index is -2.95. The van der Waals surface area contributed by atoms with Gasteiger partial charge in [0, 0.05) is 17.3 Å². The summed E-state index contributed by atoms with van der Waals surface area (Å²) in [5, 5.41) is 9.25. The zero-order valence-electron chi connectivity index (χ0n) is 9.77. The maximum Gasteiger partial charge on any atom is 0.147 e. The third-order valence-electron chi connectivity index (χ3n) is 2.57. The quantitative estimate of drug-likeness (QED) is 0.872. The van der Waals surface area contributed by atoms with Crippen molar-refractivity contribution in [2.24, 2.45) is 5.92 Å². The zero-order valence-corrected chi connectivity index (χ0v) is 12.2. The largest absolute Gasteiger partial charge is 0.396 e. The Morgan fingerprint density at radius 1 is 1.41 bits per heavy atom. The van der Waals surface area contributed by atoms with Gasteiger partial charge in [0.1, 0.15) is 9.84 Å². The fourth-order valence-corrected chi connectivity index (χ4v) is 2.84. The third-order valence-corrected chi connectivity index (χ3v) is 4.04. The van der Waals surface area contributed by atoms with E-state index in [1.54, 1.807) is 0 Å². The molecule has 5 heteroatoms. The highest BCUT2D eigenvalue weighted by Crippen LogP contribution is 2.17. The molecule has 17 heavy (non-hydrogen) atoms. The number of rotatable bonds is 6. The second-order valence-electron chi connectivity index (χ2n) is 4.30. The van der Waals surface area contributed by atoms with E-state index in [0.29, 0.717) is 12.8 Å². The van der Waals surface area contributed by atoms with Crippen molar-refractivity contribution >= 4 is 25.8 Å². The van der Waals surface area contributed by atoms with Gasteiger partial charge >= 0.3 is 0 Å². The molecule has 1 atom stereocenters. The van der Waals surface area contributed by atoms with Crippen LogP contribution in [0.1, 0.15) is 12.0 Å². The van der Waals surface area contributed by atoms with Crippen LogP contribution in [0.5, 0.6) is 0 Å². The van der Waals surface area contributed by atoms with E-state index in [1.807, 2.05) is 24.3 Å². The number of hydrogen-bond acceptors (Lipinski definition) is 3. The molecule has 0 aliphatic rings. The van der Waals surface area contributed by atoms with Crippen molar-refractivity contribution in [3.8, 4) is 0 Å². The predicted octanol–water partition coefficient (Wildman–Crippen LogP) is 2.03. The van der Waals surface area contributed by atoms with E-state index >= 15 is 0 Å². The van der Waals surface area contributed by atoms with Gasteiger partial charge in [0.05, 0.1) is 5.75 Å².